The van der Waals surface area contributed by atoms with Crippen LogP contribution in [0.1, 0.15) is 29.6 Å². The molecule has 3 N–H and O–H groups in total. The number of halogens is 2. The molecule has 2 atom stereocenters. The molecule has 1 aromatic heterocycles. The average Bonchev–Trinajstić information content (AvgIpc) is 3.28. The number of rotatable bonds is 4. The molecule has 2 aromatic carbocycles. The van der Waals surface area contributed by atoms with Crippen molar-refractivity contribution in [1.29, 1.82) is 0 Å². The minimum Gasteiger partial charge on any atom is -0.349 e. The predicted octanol–water partition coefficient (Wildman–Crippen LogP) is 3.73. The maximum Gasteiger partial charge on any atom is 0.251 e. The molecule has 1 saturated carbocycles. The molecule has 27 heavy (non-hydrogen) atoms. The Kier molecular flexibility index (Phi) is 7.25. The number of amides is 1. The Bertz CT molecular complexity index is 894. The molecule has 1 amide bonds. The van der Waals surface area contributed by atoms with Crippen molar-refractivity contribution in [3.8, 4) is 5.69 Å². The number of nitrogens with two attached hydrogens (primary N) is 1. The minimum absolute atomic E-state index is 0. The molecular weight excluding hydrogens is 383 g/mol. The van der Waals surface area contributed by atoms with E-state index in [4.69, 9.17) is 5.73 Å². The molecule has 1 aliphatic rings. The molecule has 1 fully saturated rings. The van der Waals surface area contributed by atoms with Crippen LogP contribution in [0.15, 0.2) is 54.9 Å². The highest BCUT2D eigenvalue weighted by Gasteiger charge is 2.27. The maximum absolute atomic E-state index is 12.5. The van der Waals surface area contributed by atoms with Crippen LogP contribution >= 0.6 is 24.8 Å². The van der Waals surface area contributed by atoms with Crippen LogP contribution in [0.3, 0.4) is 0 Å². The van der Waals surface area contributed by atoms with Gasteiger partial charge in [-0.05, 0) is 61.7 Å². The van der Waals surface area contributed by atoms with Gasteiger partial charge in [-0.3, -0.25) is 9.36 Å². The van der Waals surface area contributed by atoms with Crippen LogP contribution in [0.5, 0.6) is 0 Å². The van der Waals surface area contributed by atoms with E-state index < -0.39 is 0 Å². The normalized spacial score (nSPS) is 18.6. The molecule has 5 nitrogen and oxygen atoms in total. The van der Waals surface area contributed by atoms with Crippen molar-refractivity contribution >= 4 is 41.8 Å². The van der Waals surface area contributed by atoms with Crippen LogP contribution in [0.2, 0.25) is 0 Å². The van der Waals surface area contributed by atoms with Gasteiger partial charge in [-0.15, -0.1) is 24.8 Å². The highest BCUT2D eigenvalue weighted by atomic mass is 35.5. The highest BCUT2D eigenvalue weighted by molar-refractivity contribution is 5.94. The summed E-state index contributed by atoms with van der Waals surface area (Å²) in [5.74, 6) is 0.382. The summed E-state index contributed by atoms with van der Waals surface area (Å²) in [6, 6.07) is 15.9. The number of aromatic nitrogens is 2. The number of hydrogen-bond acceptors (Lipinski definition) is 3. The Morgan fingerprint density at radius 1 is 1.11 bits per heavy atom. The zero-order valence-corrected chi connectivity index (χ0v) is 16.5. The first-order valence-electron chi connectivity index (χ1n) is 8.80. The Balaban J connectivity index is 0.00000131. The number of hydrogen-bond donors (Lipinski definition) is 2. The van der Waals surface area contributed by atoms with Crippen molar-refractivity contribution in [3.63, 3.8) is 0 Å². The molecule has 0 bridgehead atoms. The third-order valence-corrected chi connectivity index (χ3v) is 5.14. The largest absolute Gasteiger partial charge is 0.349 e. The van der Waals surface area contributed by atoms with Crippen molar-refractivity contribution in [1.82, 2.24) is 14.9 Å². The Morgan fingerprint density at radius 3 is 2.59 bits per heavy atom. The van der Waals surface area contributed by atoms with Crippen molar-refractivity contribution in [2.24, 2.45) is 11.7 Å². The van der Waals surface area contributed by atoms with Gasteiger partial charge in [-0.25, -0.2) is 4.98 Å². The summed E-state index contributed by atoms with van der Waals surface area (Å²) in [5.41, 5.74) is 9.48. The maximum atomic E-state index is 12.5. The van der Waals surface area contributed by atoms with Crippen LogP contribution in [0.4, 0.5) is 0 Å². The van der Waals surface area contributed by atoms with Crippen LogP contribution in [0, 0.1) is 5.92 Å². The standard InChI is InChI=1S/C20H22N4O.2ClH/c21-12-15-4-3-6-17(15)23-20(25)14-8-10-16(11-9-14)24-13-22-18-5-1-2-7-19(18)24;;/h1-2,5,7-11,13,15,17H,3-4,6,12,21H2,(H,23,25);2*1H. The third-order valence-electron chi connectivity index (χ3n) is 5.14. The van der Waals surface area contributed by atoms with E-state index in [0.717, 1.165) is 36.0 Å². The summed E-state index contributed by atoms with van der Waals surface area (Å²) < 4.78 is 2.03. The molecule has 0 saturated heterocycles. The van der Waals surface area contributed by atoms with Crippen molar-refractivity contribution < 1.29 is 4.79 Å². The first-order valence-corrected chi connectivity index (χ1v) is 8.80. The van der Waals surface area contributed by atoms with E-state index in [2.05, 4.69) is 10.3 Å². The molecule has 1 heterocycles. The summed E-state index contributed by atoms with van der Waals surface area (Å²) in [5, 5.41) is 3.14. The molecule has 0 spiro atoms. The van der Waals surface area contributed by atoms with Gasteiger partial charge in [0.2, 0.25) is 0 Å². The summed E-state index contributed by atoms with van der Waals surface area (Å²) in [4.78, 5) is 16.9. The second-order valence-corrected chi connectivity index (χ2v) is 6.66. The zero-order valence-electron chi connectivity index (χ0n) is 14.9. The molecule has 7 heteroatoms. The van der Waals surface area contributed by atoms with Gasteiger partial charge in [-0.2, -0.15) is 0 Å². The van der Waals surface area contributed by atoms with Crippen LogP contribution < -0.4 is 11.1 Å². The van der Waals surface area contributed by atoms with E-state index in [-0.39, 0.29) is 36.8 Å². The van der Waals surface area contributed by atoms with Crippen molar-refractivity contribution in [2.45, 2.75) is 25.3 Å². The average molecular weight is 407 g/mol. The molecule has 1 aliphatic carbocycles. The molecule has 2 unspecified atom stereocenters. The van der Waals surface area contributed by atoms with Gasteiger partial charge in [0, 0.05) is 17.3 Å². The van der Waals surface area contributed by atoms with Gasteiger partial charge in [-0.1, -0.05) is 18.6 Å². The first-order chi connectivity index (χ1) is 12.3. The van der Waals surface area contributed by atoms with E-state index >= 15 is 0 Å². The smallest absolute Gasteiger partial charge is 0.251 e. The SMILES string of the molecule is Cl.Cl.NCC1CCCC1NC(=O)c1ccc(-n2cnc3ccccc32)cc1. The third kappa shape index (κ3) is 4.26. The lowest BCUT2D eigenvalue weighted by atomic mass is 10.0. The van der Waals surface area contributed by atoms with Crippen molar-refractivity contribution in [3.05, 3.63) is 60.4 Å². The number of carbonyl (C=O) groups excluding carboxylic acids is 1. The molecular formula is C20H24Cl2N4O. The van der Waals surface area contributed by atoms with E-state index in [1.807, 2.05) is 59.4 Å². The molecule has 4 rings (SSSR count). The lowest BCUT2D eigenvalue weighted by Crippen LogP contribution is -2.39. The van der Waals surface area contributed by atoms with E-state index in [9.17, 15) is 4.79 Å². The van der Waals surface area contributed by atoms with Gasteiger partial charge >= 0.3 is 0 Å². The summed E-state index contributed by atoms with van der Waals surface area (Å²) in [7, 11) is 0. The molecule has 0 aliphatic heterocycles. The van der Waals surface area contributed by atoms with E-state index in [0.29, 0.717) is 18.0 Å². The lowest BCUT2D eigenvalue weighted by molar-refractivity contribution is 0.0929. The Labute approximate surface area is 171 Å². The Morgan fingerprint density at radius 2 is 1.85 bits per heavy atom. The van der Waals surface area contributed by atoms with Gasteiger partial charge < -0.3 is 11.1 Å². The van der Waals surface area contributed by atoms with Crippen LogP contribution in [-0.2, 0) is 0 Å². The fraction of sp³-hybridized carbons (Fsp3) is 0.300. The van der Waals surface area contributed by atoms with Gasteiger partial charge in [0.25, 0.3) is 5.91 Å². The second-order valence-electron chi connectivity index (χ2n) is 6.66. The minimum atomic E-state index is -0.0209. The zero-order chi connectivity index (χ0) is 17.2. The topological polar surface area (TPSA) is 72.9 Å². The molecule has 0 radical (unpaired) electrons. The predicted molar refractivity (Wildman–Crippen MR) is 113 cm³/mol. The summed E-state index contributed by atoms with van der Waals surface area (Å²) >= 11 is 0. The molecule has 144 valence electrons. The van der Waals surface area contributed by atoms with E-state index in [1.165, 1.54) is 0 Å². The summed E-state index contributed by atoms with van der Waals surface area (Å²) in [6.45, 7) is 0.636. The fourth-order valence-electron chi connectivity index (χ4n) is 3.70. The number of fused-ring (bicyclic) bond motifs is 1. The van der Waals surface area contributed by atoms with Gasteiger partial charge in [0.1, 0.15) is 6.33 Å². The monoisotopic (exact) mass is 406 g/mol. The van der Waals surface area contributed by atoms with Crippen molar-refractivity contribution in [2.75, 3.05) is 6.54 Å². The number of para-hydroxylation sites is 2. The van der Waals surface area contributed by atoms with Crippen LogP contribution in [0.25, 0.3) is 16.7 Å². The van der Waals surface area contributed by atoms with Crippen LogP contribution in [-0.4, -0.2) is 28.0 Å². The lowest BCUT2D eigenvalue weighted by Gasteiger charge is -2.19. The van der Waals surface area contributed by atoms with E-state index in [1.54, 1.807) is 0 Å². The second kappa shape index (κ2) is 9.22. The number of nitrogens with zero attached hydrogens (tertiary/aromatic N) is 2. The van der Waals surface area contributed by atoms with Gasteiger partial charge in [0.15, 0.2) is 0 Å². The fourth-order valence-corrected chi connectivity index (χ4v) is 3.70. The quantitative estimate of drug-likeness (QED) is 0.692. The Hall–Kier alpha value is -2.08. The first kappa shape index (κ1) is 21.2. The number of carbonyl (C=O) groups is 1. The summed E-state index contributed by atoms with van der Waals surface area (Å²) in [6.07, 6.45) is 5.07. The number of benzene rings is 2. The highest BCUT2D eigenvalue weighted by Crippen LogP contribution is 2.25. The molecule has 3 aromatic rings. The number of imidazole rings is 1. The number of nitrogens with one attached hydrogen (secondary N) is 1. The van der Waals surface area contributed by atoms with Gasteiger partial charge in [0.05, 0.1) is 11.0 Å².